The summed E-state index contributed by atoms with van der Waals surface area (Å²) >= 11 is 5.64. The highest BCUT2D eigenvalue weighted by Gasteiger charge is 2.42. The Morgan fingerprint density at radius 2 is 1.71 bits per heavy atom. The summed E-state index contributed by atoms with van der Waals surface area (Å²) < 4.78 is 13.7. The first-order valence-electron chi connectivity index (χ1n) is 8.32. The molecule has 4 rings (SSSR count). The summed E-state index contributed by atoms with van der Waals surface area (Å²) in [6.07, 6.45) is -0.188. The summed E-state index contributed by atoms with van der Waals surface area (Å²) in [4.78, 5) is 55.5. The van der Waals surface area contributed by atoms with Gasteiger partial charge in [0.15, 0.2) is 0 Å². The number of imide groups is 1. The van der Waals surface area contributed by atoms with Gasteiger partial charge >= 0.3 is 5.97 Å². The van der Waals surface area contributed by atoms with Crippen LogP contribution < -0.4 is 4.90 Å². The molecule has 0 N–H and O–H groups in total. The number of halogens is 2. The molecular formula is C19H12ClFN2O5. The van der Waals surface area contributed by atoms with E-state index in [0.717, 1.165) is 6.07 Å². The maximum absolute atomic E-state index is 13.7. The first-order valence-corrected chi connectivity index (χ1v) is 8.69. The molecule has 2 aromatic rings. The predicted octanol–water partition coefficient (Wildman–Crippen LogP) is 2.59. The van der Waals surface area contributed by atoms with Crippen LogP contribution in [0.1, 0.15) is 27.1 Å². The lowest BCUT2D eigenvalue weighted by Crippen LogP contribution is -2.36. The van der Waals surface area contributed by atoms with Crippen LogP contribution >= 0.6 is 11.6 Å². The molecular weight excluding hydrogens is 391 g/mol. The molecule has 28 heavy (non-hydrogen) atoms. The molecule has 0 spiro atoms. The van der Waals surface area contributed by atoms with Crippen molar-refractivity contribution >= 4 is 41.0 Å². The number of benzene rings is 2. The predicted molar refractivity (Wildman–Crippen MR) is 94.9 cm³/mol. The molecule has 2 aliphatic rings. The first kappa shape index (κ1) is 18.1. The van der Waals surface area contributed by atoms with Gasteiger partial charge in [0, 0.05) is 18.7 Å². The second-order valence-electron chi connectivity index (χ2n) is 6.36. The summed E-state index contributed by atoms with van der Waals surface area (Å²) in [5.74, 6) is -4.38. The van der Waals surface area contributed by atoms with Crippen molar-refractivity contribution in [2.45, 2.75) is 6.42 Å². The molecule has 2 aromatic carbocycles. The van der Waals surface area contributed by atoms with E-state index in [0.29, 0.717) is 5.06 Å². The van der Waals surface area contributed by atoms with Gasteiger partial charge in [-0.05, 0) is 30.3 Å². The highest BCUT2D eigenvalue weighted by atomic mass is 35.5. The summed E-state index contributed by atoms with van der Waals surface area (Å²) in [6, 6.07) is 9.96. The maximum atomic E-state index is 13.7. The third kappa shape index (κ3) is 2.91. The molecule has 0 aliphatic carbocycles. The van der Waals surface area contributed by atoms with E-state index in [4.69, 9.17) is 16.4 Å². The van der Waals surface area contributed by atoms with Gasteiger partial charge < -0.3 is 9.74 Å². The van der Waals surface area contributed by atoms with Crippen molar-refractivity contribution in [3.05, 3.63) is 64.4 Å². The van der Waals surface area contributed by atoms with Crippen molar-refractivity contribution in [1.82, 2.24) is 5.06 Å². The van der Waals surface area contributed by atoms with Crippen LogP contribution in [-0.2, 0) is 14.4 Å². The fourth-order valence-electron chi connectivity index (χ4n) is 3.18. The van der Waals surface area contributed by atoms with Crippen LogP contribution in [0.15, 0.2) is 42.5 Å². The Bertz CT molecular complexity index is 1010. The lowest BCUT2D eigenvalue weighted by molar-refractivity contribution is -0.173. The van der Waals surface area contributed by atoms with Crippen LogP contribution in [0.2, 0.25) is 5.02 Å². The second-order valence-corrected chi connectivity index (χ2v) is 6.77. The summed E-state index contributed by atoms with van der Waals surface area (Å²) in [7, 11) is 0. The number of hydroxylamine groups is 2. The number of rotatable bonds is 3. The minimum atomic E-state index is -0.907. The normalized spacial score (nSPS) is 18.6. The van der Waals surface area contributed by atoms with Crippen molar-refractivity contribution in [2.75, 3.05) is 11.4 Å². The van der Waals surface area contributed by atoms with Gasteiger partial charge in [0.2, 0.25) is 5.91 Å². The largest absolute Gasteiger partial charge is 0.338 e. The molecule has 0 saturated carbocycles. The molecule has 2 aliphatic heterocycles. The summed E-state index contributed by atoms with van der Waals surface area (Å²) in [5, 5.41) is 0.319. The zero-order chi connectivity index (χ0) is 20.0. The van der Waals surface area contributed by atoms with E-state index >= 15 is 0 Å². The van der Waals surface area contributed by atoms with Crippen LogP contribution in [0, 0.1) is 11.7 Å². The number of carbonyl (C=O) groups is 4. The highest BCUT2D eigenvalue weighted by molar-refractivity contribution is 6.30. The Kier molecular flexibility index (Phi) is 4.35. The number of anilines is 1. The molecule has 3 amide bonds. The van der Waals surface area contributed by atoms with Crippen LogP contribution in [0.25, 0.3) is 0 Å². The number of hydrogen-bond acceptors (Lipinski definition) is 5. The van der Waals surface area contributed by atoms with Gasteiger partial charge in [0.05, 0.1) is 22.1 Å². The Morgan fingerprint density at radius 3 is 2.32 bits per heavy atom. The molecule has 0 bridgehead atoms. The van der Waals surface area contributed by atoms with E-state index in [2.05, 4.69) is 0 Å². The average molecular weight is 403 g/mol. The van der Waals surface area contributed by atoms with Gasteiger partial charge in [-0.1, -0.05) is 28.8 Å². The minimum Gasteiger partial charge on any atom is -0.329 e. The Hall–Kier alpha value is -3.26. The Morgan fingerprint density at radius 1 is 1.07 bits per heavy atom. The molecule has 0 radical (unpaired) electrons. The van der Waals surface area contributed by atoms with Crippen LogP contribution in [0.4, 0.5) is 10.1 Å². The molecule has 0 aromatic heterocycles. The quantitative estimate of drug-likeness (QED) is 0.737. The standard InChI is InChI=1S/C19H12ClFN2O5/c20-14-6-5-11(8-15(14)21)22-9-10(7-16(22)24)19(27)28-23-17(25)12-3-1-2-4-13(12)18(23)26/h1-6,8,10H,7,9H2. The van der Waals surface area contributed by atoms with Crippen molar-refractivity contribution in [2.24, 2.45) is 5.92 Å². The topological polar surface area (TPSA) is 84.0 Å². The fraction of sp³-hybridized carbons (Fsp3) is 0.158. The second kappa shape index (κ2) is 6.72. The zero-order valence-corrected chi connectivity index (χ0v) is 15.0. The van der Waals surface area contributed by atoms with Gasteiger partial charge in [-0.2, -0.15) is 0 Å². The fourth-order valence-corrected chi connectivity index (χ4v) is 3.30. The third-order valence-electron chi connectivity index (χ3n) is 4.61. The van der Waals surface area contributed by atoms with Crippen molar-refractivity contribution in [3.8, 4) is 0 Å². The molecule has 9 heteroatoms. The van der Waals surface area contributed by atoms with Gasteiger partial charge in [0.1, 0.15) is 5.82 Å². The van der Waals surface area contributed by atoms with E-state index in [1.807, 2.05) is 0 Å². The number of fused-ring (bicyclic) bond motifs is 1. The molecule has 1 saturated heterocycles. The first-order chi connectivity index (χ1) is 13.4. The third-order valence-corrected chi connectivity index (χ3v) is 4.92. The van der Waals surface area contributed by atoms with E-state index in [1.165, 1.54) is 29.2 Å². The van der Waals surface area contributed by atoms with E-state index < -0.39 is 35.4 Å². The minimum absolute atomic E-state index is 0.0676. The number of amides is 3. The Balaban J connectivity index is 1.48. The van der Waals surface area contributed by atoms with E-state index in [1.54, 1.807) is 12.1 Å². The van der Waals surface area contributed by atoms with Gasteiger partial charge in [-0.15, -0.1) is 0 Å². The number of nitrogens with zero attached hydrogens (tertiary/aromatic N) is 2. The zero-order valence-electron chi connectivity index (χ0n) is 14.2. The Labute approximate surface area is 163 Å². The van der Waals surface area contributed by atoms with Crippen LogP contribution in [0.5, 0.6) is 0 Å². The van der Waals surface area contributed by atoms with E-state index in [9.17, 15) is 23.6 Å². The molecule has 1 atom stereocenters. The summed E-state index contributed by atoms with van der Waals surface area (Å²) in [6.45, 7) is -0.0676. The lowest BCUT2D eigenvalue weighted by atomic mass is 10.1. The molecule has 1 unspecified atom stereocenters. The lowest BCUT2D eigenvalue weighted by Gasteiger charge is -2.18. The van der Waals surface area contributed by atoms with E-state index in [-0.39, 0.29) is 34.8 Å². The van der Waals surface area contributed by atoms with Gasteiger partial charge in [-0.3, -0.25) is 14.4 Å². The molecule has 2 heterocycles. The van der Waals surface area contributed by atoms with Crippen molar-refractivity contribution < 1.29 is 28.4 Å². The molecule has 7 nitrogen and oxygen atoms in total. The highest BCUT2D eigenvalue weighted by Crippen LogP contribution is 2.30. The monoisotopic (exact) mass is 402 g/mol. The number of hydrogen-bond donors (Lipinski definition) is 0. The maximum Gasteiger partial charge on any atom is 0.338 e. The summed E-state index contributed by atoms with van der Waals surface area (Å²) in [5.41, 5.74) is 0.532. The van der Waals surface area contributed by atoms with Gasteiger partial charge in [-0.25, -0.2) is 9.18 Å². The number of carbonyl (C=O) groups excluding carboxylic acids is 4. The average Bonchev–Trinajstić information content (AvgIpc) is 3.18. The molecule has 142 valence electrons. The van der Waals surface area contributed by atoms with Crippen molar-refractivity contribution in [3.63, 3.8) is 0 Å². The van der Waals surface area contributed by atoms with Crippen molar-refractivity contribution in [1.29, 1.82) is 0 Å². The van der Waals surface area contributed by atoms with Gasteiger partial charge in [0.25, 0.3) is 11.8 Å². The smallest absolute Gasteiger partial charge is 0.329 e. The SMILES string of the molecule is O=C(ON1C(=O)c2ccccc2C1=O)C1CC(=O)N(c2ccc(Cl)c(F)c2)C1. The van der Waals surface area contributed by atoms with Crippen LogP contribution in [0.3, 0.4) is 0 Å². The van der Waals surface area contributed by atoms with Crippen LogP contribution in [-0.4, -0.2) is 35.3 Å². The molecule has 1 fully saturated rings.